The molecule has 22 heavy (non-hydrogen) atoms. The fourth-order valence-corrected chi connectivity index (χ4v) is 2.62. The minimum absolute atomic E-state index is 0.597. The molecule has 0 fully saturated rings. The summed E-state index contributed by atoms with van der Waals surface area (Å²) in [6.07, 6.45) is 1.04. The highest BCUT2D eigenvalue weighted by atomic mass is 32.1. The molecule has 0 aliphatic carbocycles. The number of rotatable bonds is 3. The molecule has 0 heterocycles. The maximum Gasteiger partial charge on any atom is 0.175 e. The number of aryl methyl sites for hydroxylation is 1. The van der Waals surface area contributed by atoms with E-state index in [4.69, 9.17) is 12.2 Å². The predicted molar refractivity (Wildman–Crippen MR) is 99.6 cm³/mol. The molecule has 0 spiro atoms. The number of thiocarbonyl (C=S) groups is 1. The van der Waals surface area contributed by atoms with Gasteiger partial charge in [0.2, 0.25) is 0 Å². The van der Waals surface area contributed by atoms with Crippen LogP contribution in [-0.4, -0.2) is 5.11 Å². The SMILES string of the molecule is CCc1ccc(NC(=S)Nc2ccc3ccccc3c2)cc1. The van der Waals surface area contributed by atoms with Crippen molar-refractivity contribution >= 4 is 39.5 Å². The Hall–Kier alpha value is -2.39. The summed E-state index contributed by atoms with van der Waals surface area (Å²) >= 11 is 5.38. The van der Waals surface area contributed by atoms with Crippen molar-refractivity contribution in [1.82, 2.24) is 0 Å². The molecule has 3 rings (SSSR count). The second-order valence-electron chi connectivity index (χ2n) is 5.19. The van der Waals surface area contributed by atoms with Crippen LogP contribution in [-0.2, 0) is 6.42 Å². The van der Waals surface area contributed by atoms with Crippen LogP contribution in [0.5, 0.6) is 0 Å². The lowest BCUT2D eigenvalue weighted by molar-refractivity contribution is 1.14. The zero-order valence-corrected chi connectivity index (χ0v) is 13.3. The van der Waals surface area contributed by atoms with Crippen molar-refractivity contribution in [2.45, 2.75) is 13.3 Å². The zero-order valence-electron chi connectivity index (χ0n) is 12.5. The Labute approximate surface area is 136 Å². The second-order valence-corrected chi connectivity index (χ2v) is 5.60. The smallest absolute Gasteiger partial charge is 0.175 e. The second kappa shape index (κ2) is 6.58. The lowest BCUT2D eigenvalue weighted by Gasteiger charge is -2.11. The topological polar surface area (TPSA) is 24.1 Å². The van der Waals surface area contributed by atoms with Crippen LogP contribution >= 0.6 is 12.2 Å². The number of nitrogens with one attached hydrogen (secondary N) is 2. The molecule has 0 aromatic heterocycles. The third-order valence-corrected chi connectivity index (χ3v) is 3.83. The van der Waals surface area contributed by atoms with Crippen molar-refractivity contribution in [2.24, 2.45) is 0 Å². The van der Waals surface area contributed by atoms with Crippen LogP contribution in [0.15, 0.2) is 66.7 Å². The first kappa shape index (κ1) is 14.5. The van der Waals surface area contributed by atoms with Crippen LogP contribution in [0.4, 0.5) is 11.4 Å². The van der Waals surface area contributed by atoms with E-state index in [1.54, 1.807) is 0 Å². The third-order valence-electron chi connectivity index (χ3n) is 3.63. The molecule has 3 aromatic carbocycles. The van der Waals surface area contributed by atoms with Gasteiger partial charge in [0.05, 0.1) is 0 Å². The van der Waals surface area contributed by atoms with E-state index in [2.05, 4.69) is 54.0 Å². The maximum absolute atomic E-state index is 5.38. The first-order valence-corrected chi connectivity index (χ1v) is 7.81. The molecule has 110 valence electrons. The molecule has 2 nitrogen and oxygen atoms in total. The van der Waals surface area contributed by atoms with Gasteiger partial charge in [-0.05, 0) is 59.2 Å². The average molecular weight is 306 g/mol. The van der Waals surface area contributed by atoms with Crippen LogP contribution in [0, 0.1) is 0 Å². The molecule has 0 unspecified atom stereocenters. The molecule has 0 radical (unpaired) electrons. The molecule has 0 atom stereocenters. The van der Waals surface area contributed by atoms with Crippen LogP contribution in [0.3, 0.4) is 0 Å². The van der Waals surface area contributed by atoms with E-state index in [-0.39, 0.29) is 0 Å². The van der Waals surface area contributed by atoms with E-state index >= 15 is 0 Å². The largest absolute Gasteiger partial charge is 0.332 e. The highest BCUT2D eigenvalue weighted by molar-refractivity contribution is 7.80. The molecule has 0 aliphatic heterocycles. The van der Waals surface area contributed by atoms with Gasteiger partial charge in [-0.25, -0.2) is 0 Å². The van der Waals surface area contributed by atoms with E-state index in [1.165, 1.54) is 16.3 Å². The van der Waals surface area contributed by atoms with E-state index in [1.807, 2.05) is 30.3 Å². The minimum Gasteiger partial charge on any atom is -0.332 e. The molecule has 0 saturated heterocycles. The van der Waals surface area contributed by atoms with Gasteiger partial charge in [-0.15, -0.1) is 0 Å². The fourth-order valence-electron chi connectivity index (χ4n) is 2.38. The number of fused-ring (bicyclic) bond motifs is 1. The van der Waals surface area contributed by atoms with Crippen molar-refractivity contribution in [3.05, 3.63) is 72.3 Å². The van der Waals surface area contributed by atoms with Gasteiger partial charge >= 0.3 is 0 Å². The Morgan fingerprint density at radius 2 is 1.45 bits per heavy atom. The molecule has 2 N–H and O–H groups in total. The minimum atomic E-state index is 0.597. The normalized spacial score (nSPS) is 10.4. The molecule has 3 aromatic rings. The van der Waals surface area contributed by atoms with Gasteiger partial charge in [-0.2, -0.15) is 0 Å². The van der Waals surface area contributed by atoms with Gasteiger partial charge in [0.1, 0.15) is 0 Å². The first-order chi connectivity index (χ1) is 10.7. The van der Waals surface area contributed by atoms with Crippen molar-refractivity contribution < 1.29 is 0 Å². The van der Waals surface area contributed by atoms with Crippen LogP contribution in [0.2, 0.25) is 0 Å². The lowest BCUT2D eigenvalue weighted by Crippen LogP contribution is -2.18. The molecule has 0 amide bonds. The summed E-state index contributed by atoms with van der Waals surface area (Å²) in [5, 5.41) is 9.46. The summed E-state index contributed by atoms with van der Waals surface area (Å²) in [7, 11) is 0. The van der Waals surface area contributed by atoms with E-state index in [0.717, 1.165) is 17.8 Å². The van der Waals surface area contributed by atoms with Gasteiger partial charge in [-0.1, -0.05) is 49.4 Å². The van der Waals surface area contributed by atoms with Crippen LogP contribution in [0.1, 0.15) is 12.5 Å². The van der Waals surface area contributed by atoms with Crippen molar-refractivity contribution in [3.8, 4) is 0 Å². The zero-order chi connectivity index (χ0) is 15.4. The molecule has 0 bridgehead atoms. The standard InChI is InChI=1S/C19H18N2S/c1-2-14-7-10-17(11-8-14)20-19(22)21-18-12-9-15-5-3-4-6-16(15)13-18/h3-13H,2H2,1H3,(H2,20,21,22). The Kier molecular flexibility index (Phi) is 4.35. The van der Waals surface area contributed by atoms with Crippen molar-refractivity contribution in [1.29, 1.82) is 0 Å². The van der Waals surface area contributed by atoms with Crippen molar-refractivity contribution in [2.75, 3.05) is 10.6 Å². The number of hydrogen-bond donors (Lipinski definition) is 2. The van der Waals surface area contributed by atoms with Gasteiger partial charge in [-0.3, -0.25) is 0 Å². The van der Waals surface area contributed by atoms with Crippen LogP contribution < -0.4 is 10.6 Å². The quantitative estimate of drug-likeness (QED) is 0.649. The van der Waals surface area contributed by atoms with Gasteiger partial charge in [0.25, 0.3) is 0 Å². The summed E-state index contributed by atoms with van der Waals surface area (Å²) in [5.74, 6) is 0. The predicted octanol–water partition coefficient (Wildman–Crippen LogP) is 5.21. The summed E-state index contributed by atoms with van der Waals surface area (Å²) in [5.41, 5.74) is 3.30. The maximum atomic E-state index is 5.38. The Morgan fingerprint density at radius 1 is 0.818 bits per heavy atom. The van der Waals surface area contributed by atoms with Crippen LogP contribution in [0.25, 0.3) is 10.8 Å². The van der Waals surface area contributed by atoms with E-state index in [9.17, 15) is 0 Å². The summed E-state index contributed by atoms with van der Waals surface area (Å²) in [4.78, 5) is 0. The van der Waals surface area contributed by atoms with Gasteiger partial charge in [0, 0.05) is 11.4 Å². The molecular weight excluding hydrogens is 288 g/mol. The molecular formula is C19H18N2S. The Balaban J connectivity index is 1.69. The summed E-state index contributed by atoms with van der Waals surface area (Å²) in [6, 6.07) is 22.8. The molecule has 0 saturated carbocycles. The van der Waals surface area contributed by atoms with E-state index in [0.29, 0.717) is 5.11 Å². The van der Waals surface area contributed by atoms with E-state index < -0.39 is 0 Å². The average Bonchev–Trinajstić information content (AvgIpc) is 2.55. The highest BCUT2D eigenvalue weighted by Crippen LogP contribution is 2.19. The third kappa shape index (κ3) is 3.43. The monoisotopic (exact) mass is 306 g/mol. The number of anilines is 2. The molecule has 0 aliphatic rings. The summed E-state index contributed by atoms with van der Waals surface area (Å²) in [6.45, 7) is 2.15. The van der Waals surface area contributed by atoms with Crippen molar-refractivity contribution in [3.63, 3.8) is 0 Å². The first-order valence-electron chi connectivity index (χ1n) is 7.40. The number of hydrogen-bond acceptors (Lipinski definition) is 1. The Bertz CT molecular complexity index is 794. The summed E-state index contributed by atoms with van der Waals surface area (Å²) < 4.78 is 0. The highest BCUT2D eigenvalue weighted by Gasteiger charge is 2.00. The lowest BCUT2D eigenvalue weighted by atomic mass is 10.1. The molecule has 3 heteroatoms. The Morgan fingerprint density at radius 3 is 2.18 bits per heavy atom. The van der Waals surface area contributed by atoms with Gasteiger partial charge < -0.3 is 10.6 Å². The number of benzene rings is 3. The fraction of sp³-hybridized carbons (Fsp3) is 0.105. The van der Waals surface area contributed by atoms with Gasteiger partial charge in [0.15, 0.2) is 5.11 Å².